The summed E-state index contributed by atoms with van der Waals surface area (Å²) in [7, 11) is -3.78. The van der Waals surface area contributed by atoms with E-state index in [4.69, 9.17) is 11.6 Å². The Morgan fingerprint density at radius 3 is 2.36 bits per heavy atom. The summed E-state index contributed by atoms with van der Waals surface area (Å²) >= 11 is 5.89. The first kappa shape index (κ1) is 19.4. The molecule has 0 aliphatic heterocycles. The van der Waals surface area contributed by atoms with Gasteiger partial charge >= 0.3 is 0 Å². The molecular weight excluding hydrogens is 360 g/mol. The number of sulfone groups is 1. The molecule has 1 heterocycles. The van der Waals surface area contributed by atoms with Crippen LogP contribution in [-0.4, -0.2) is 32.7 Å². The summed E-state index contributed by atoms with van der Waals surface area (Å²) in [5, 5.41) is 14.5. The van der Waals surface area contributed by atoms with E-state index in [9.17, 15) is 13.7 Å². The van der Waals surface area contributed by atoms with Crippen LogP contribution in [0.4, 0.5) is 0 Å². The largest absolute Gasteiger partial charge is 0.250 e. The molecule has 0 radical (unpaired) electrons. The first-order valence-electron chi connectivity index (χ1n) is 7.84. The molecule has 0 N–H and O–H groups in total. The lowest BCUT2D eigenvalue weighted by Gasteiger charge is -2.33. The molecule has 0 spiro atoms. The second kappa shape index (κ2) is 7.14. The van der Waals surface area contributed by atoms with Crippen LogP contribution < -0.4 is 0 Å². The van der Waals surface area contributed by atoms with Gasteiger partial charge in [-0.2, -0.15) is 10.4 Å². The maximum absolute atomic E-state index is 13.2. The Hall–Kier alpha value is -1.91. The zero-order valence-electron chi connectivity index (χ0n) is 14.5. The molecule has 1 unspecified atom stereocenters. The normalized spacial score (nSPS) is 14.7. The van der Waals surface area contributed by atoms with Gasteiger partial charge in [0.05, 0.1) is 17.4 Å². The fourth-order valence-corrected chi connectivity index (χ4v) is 4.70. The van der Waals surface area contributed by atoms with E-state index in [0.717, 1.165) is 5.56 Å². The smallest absolute Gasteiger partial charge is 0.178 e. The number of hydrogen-bond donors (Lipinski definition) is 0. The van der Waals surface area contributed by atoms with Crippen LogP contribution in [0.25, 0.3) is 0 Å². The molecule has 2 rings (SSSR count). The van der Waals surface area contributed by atoms with Crippen molar-refractivity contribution in [3.05, 3.63) is 47.5 Å². The molecule has 0 amide bonds. The number of benzene rings is 1. The van der Waals surface area contributed by atoms with Crippen molar-refractivity contribution >= 4 is 21.4 Å². The maximum Gasteiger partial charge on any atom is 0.178 e. The average molecular weight is 381 g/mol. The lowest BCUT2D eigenvalue weighted by atomic mass is 9.99. The van der Waals surface area contributed by atoms with E-state index in [0.29, 0.717) is 11.4 Å². The number of rotatable bonds is 6. The van der Waals surface area contributed by atoms with Gasteiger partial charge in [0, 0.05) is 5.02 Å². The predicted octanol–water partition coefficient (Wildman–Crippen LogP) is 3.04. The zero-order valence-corrected chi connectivity index (χ0v) is 16.0. The summed E-state index contributed by atoms with van der Waals surface area (Å²) in [6, 6.07) is 9.25. The molecule has 0 saturated carbocycles. The monoisotopic (exact) mass is 380 g/mol. The molecule has 1 aromatic carbocycles. The molecule has 6 nitrogen and oxygen atoms in total. The molecule has 0 bridgehead atoms. The van der Waals surface area contributed by atoms with E-state index in [1.807, 2.05) is 12.1 Å². The number of nitriles is 1. The van der Waals surface area contributed by atoms with Gasteiger partial charge in [-0.05, 0) is 51.3 Å². The Labute approximate surface area is 153 Å². The van der Waals surface area contributed by atoms with Gasteiger partial charge in [-0.25, -0.2) is 13.4 Å². The van der Waals surface area contributed by atoms with E-state index < -0.39 is 19.3 Å². The van der Waals surface area contributed by atoms with Gasteiger partial charge in [0.15, 0.2) is 14.6 Å². The summed E-state index contributed by atoms with van der Waals surface area (Å²) in [4.78, 5) is 3.85. The summed E-state index contributed by atoms with van der Waals surface area (Å²) in [6.45, 7) is 4.77. The molecule has 2 aromatic rings. The van der Waals surface area contributed by atoms with E-state index in [1.54, 1.807) is 32.9 Å². The van der Waals surface area contributed by atoms with Crippen molar-refractivity contribution in [1.82, 2.24) is 14.8 Å². The van der Waals surface area contributed by atoms with Crippen LogP contribution in [0.5, 0.6) is 0 Å². The van der Waals surface area contributed by atoms with Crippen LogP contribution in [-0.2, 0) is 22.8 Å². The van der Waals surface area contributed by atoms with Crippen LogP contribution in [0.15, 0.2) is 36.9 Å². The van der Waals surface area contributed by atoms with E-state index in [-0.39, 0.29) is 13.0 Å². The molecule has 0 saturated heterocycles. The van der Waals surface area contributed by atoms with Gasteiger partial charge in [-0.3, -0.25) is 4.68 Å². The molecule has 25 heavy (non-hydrogen) atoms. The molecule has 0 aliphatic rings. The molecule has 134 valence electrons. The van der Waals surface area contributed by atoms with Crippen molar-refractivity contribution in [2.75, 3.05) is 0 Å². The second-order valence-electron chi connectivity index (χ2n) is 6.94. The van der Waals surface area contributed by atoms with Crippen LogP contribution in [0, 0.1) is 11.3 Å². The fourth-order valence-electron chi connectivity index (χ4n) is 2.61. The third-order valence-electron chi connectivity index (χ3n) is 4.14. The van der Waals surface area contributed by atoms with E-state index in [1.165, 1.54) is 17.3 Å². The topological polar surface area (TPSA) is 88.6 Å². The van der Waals surface area contributed by atoms with Gasteiger partial charge in [0.25, 0.3) is 0 Å². The summed E-state index contributed by atoms with van der Waals surface area (Å²) in [6.07, 6.45) is 3.34. The molecule has 8 heteroatoms. The summed E-state index contributed by atoms with van der Waals surface area (Å²) in [5.74, 6) is 0. The van der Waals surface area contributed by atoms with Crippen molar-refractivity contribution in [2.45, 2.75) is 49.7 Å². The van der Waals surface area contributed by atoms with Crippen LogP contribution in [0.1, 0.15) is 32.8 Å². The highest BCUT2D eigenvalue weighted by Crippen LogP contribution is 2.34. The fraction of sp³-hybridized carbons (Fsp3) is 0.471. The minimum atomic E-state index is -3.78. The standard InChI is InChI=1S/C17H21ClN4O2S/c1-16(2,3)25(23,24)17(10-19,11-22-13-20-12-21-22)9-8-14-4-6-15(18)7-5-14/h4-7,12-13H,8-9,11H2,1-3H3. The first-order valence-corrected chi connectivity index (χ1v) is 9.70. The number of halogens is 1. The van der Waals surface area contributed by atoms with Crippen LogP contribution >= 0.6 is 11.6 Å². The predicted molar refractivity (Wildman–Crippen MR) is 96.8 cm³/mol. The zero-order chi connectivity index (χ0) is 18.7. The number of aryl methyl sites for hydroxylation is 1. The Morgan fingerprint density at radius 1 is 1.24 bits per heavy atom. The maximum atomic E-state index is 13.2. The van der Waals surface area contributed by atoms with Gasteiger partial charge in [0.1, 0.15) is 12.7 Å². The van der Waals surface area contributed by atoms with E-state index in [2.05, 4.69) is 16.2 Å². The molecule has 1 atom stereocenters. The molecular formula is C17H21ClN4O2S. The Morgan fingerprint density at radius 2 is 1.88 bits per heavy atom. The average Bonchev–Trinajstić information content (AvgIpc) is 3.04. The minimum absolute atomic E-state index is 0.0588. The quantitative estimate of drug-likeness (QED) is 0.768. The Bertz CT molecular complexity index is 850. The lowest BCUT2D eigenvalue weighted by Crippen LogP contribution is -2.50. The minimum Gasteiger partial charge on any atom is -0.250 e. The highest BCUT2D eigenvalue weighted by atomic mass is 35.5. The molecule has 0 aliphatic carbocycles. The highest BCUT2D eigenvalue weighted by Gasteiger charge is 2.50. The van der Waals surface area contributed by atoms with Crippen molar-refractivity contribution in [3.63, 3.8) is 0 Å². The van der Waals surface area contributed by atoms with Crippen LogP contribution in [0.2, 0.25) is 5.02 Å². The van der Waals surface area contributed by atoms with Crippen molar-refractivity contribution in [2.24, 2.45) is 0 Å². The van der Waals surface area contributed by atoms with Gasteiger partial charge in [-0.1, -0.05) is 23.7 Å². The van der Waals surface area contributed by atoms with Gasteiger partial charge < -0.3 is 0 Å². The molecule has 1 aromatic heterocycles. The number of aromatic nitrogens is 3. The Balaban J connectivity index is 2.40. The lowest BCUT2D eigenvalue weighted by molar-refractivity contribution is 0.450. The third kappa shape index (κ3) is 4.02. The van der Waals surface area contributed by atoms with Gasteiger partial charge in [0.2, 0.25) is 0 Å². The summed E-state index contributed by atoms with van der Waals surface area (Å²) < 4.78 is 25.1. The van der Waals surface area contributed by atoms with Crippen LogP contribution in [0.3, 0.4) is 0 Å². The second-order valence-corrected chi connectivity index (χ2v) is 10.4. The third-order valence-corrected chi connectivity index (χ3v) is 7.46. The SMILES string of the molecule is CC(C)(C)S(=O)(=O)C(C#N)(CCc1ccc(Cl)cc1)Cn1cncn1. The van der Waals surface area contributed by atoms with Gasteiger partial charge in [-0.15, -0.1) is 0 Å². The molecule has 0 fully saturated rings. The number of nitrogens with zero attached hydrogens (tertiary/aromatic N) is 4. The summed E-state index contributed by atoms with van der Waals surface area (Å²) in [5.41, 5.74) is 0.923. The van der Waals surface area contributed by atoms with Crippen molar-refractivity contribution in [1.29, 1.82) is 5.26 Å². The first-order chi connectivity index (χ1) is 11.6. The van der Waals surface area contributed by atoms with Crippen molar-refractivity contribution < 1.29 is 8.42 Å². The highest BCUT2D eigenvalue weighted by molar-refractivity contribution is 7.94. The van der Waals surface area contributed by atoms with E-state index >= 15 is 0 Å². The Kier molecular flexibility index (Phi) is 5.55. The van der Waals surface area contributed by atoms with Crippen molar-refractivity contribution in [3.8, 4) is 6.07 Å². The number of hydrogen-bond acceptors (Lipinski definition) is 5.